The fourth-order valence-corrected chi connectivity index (χ4v) is 3.22. The van der Waals surface area contributed by atoms with Gasteiger partial charge in [-0.25, -0.2) is 0 Å². The van der Waals surface area contributed by atoms with Crippen molar-refractivity contribution in [3.05, 3.63) is 0 Å². The third-order valence-corrected chi connectivity index (χ3v) is 3.94. The molecule has 2 saturated carbocycles. The van der Waals surface area contributed by atoms with E-state index in [1.165, 1.54) is 32.8 Å². The van der Waals surface area contributed by atoms with Gasteiger partial charge in [-0.3, -0.25) is 9.59 Å². The van der Waals surface area contributed by atoms with E-state index in [1.807, 2.05) is 0 Å². The zero-order valence-electron chi connectivity index (χ0n) is 9.20. The Balaban J connectivity index is 1.77. The fraction of sp³-hybridized carbons (Fsp3) is 0.833. The van der Waals surface area contributed by atoms with Crippen molar-refractivity contribution in [1.82, 2.24) is 0 Å². The number of carbonyl (C=O) groups excluding carboxylic acids is 2. The van der Waals surface area contributed by atoms with Crippen molar-refractivity contribution in [2.75, 3.05) is 7.11 Å². The van der Waals surface area contributed by atoms with E-state index in [0.717, 1.165) is 11.8 Å². The first-order chi connectivity index (χ1) is 7.19. The molecule has 0 aromatic rings. The zero-order chi connectivity index (χ0) is 10.8. The molecule has 2 fully saturated rings. The van der Waals surface area contributed by atoms with Gasteiger partial charge in [0.1, 0.15) is 12.2 Å². The number of esters is 1. The summed E-state index contributed by atoms with van der Waals surface area (Å²) in [7, 11) is 1.33. The molecule has 0 saturated heterocycles. The highest BCUT2D eigenvalue weighted by atomic mass is 16.5. The molecule has 0 aromatic carbocycles. The highest BCUT2D eigenvalue weighted by Gasteiger charge is 2.40. The van der Waals surface area contributed by atoms with Gasteiger partial charge in [-0.2, -0.15) is 0 Å². The minimum atomic E-state index is -0.400. The molecule has 84 valence electrons. The standard InChI is InChI=1S/C12H18O3/c1-15-12(14)7-11(13)6-10-5-8-2-3-9(10)4-8/h8-10H,2-7H2,1H3/t8-,9+,10+/m1/s1. The number of hydrogen-bond donors (Lipinski definition) is 0. The molecule has 0 heterocycles. The highest BCUT2D eigenvalue weighted by Crippen LogP contribution is 2.49. The molecule has 15 heavy (non-hydrogen) atoms. The van der Waals surface area contributed by atoms with Crippen molar-refractivity contribution < 1.29 is 14.3 Å². The van der Waals surface area contributed by atoms with Gasteiger partial charge in [-0.05, 0) is 37.0 Å². The van der Waals surface area contributed by atoms with Crippen LogP contribution in [0.15, 0.2) is 0 Å². The van der Waals surface area contributed by atoms with Crippen LogP contribution in [0, 0.1) is 17.8 Å². The first kappa shape index (κ1) is 10.7. The Hall–Kier alpha value is -0.860. The first-order valence-electron chi connectivity index (χ1n) is 5.77. The largest absolute Gasteiger partial charge is 0.469 e. The Kier molecular flexibility index (Phi) is 3.08. The molecule has 3 atom stereocenters. The molecular weight excluding hydrogens is 192 g/mol. The minimum absolute atomic E-state index is 0.0373. The van der Waals surface area contributed by atoms with E-state index >= 15 is 0 Å². The second kappa shape index (κ2) is 4.33. The topological polar surface area (TPSA) is 43.4 Å². The van der Waals surface area contributed by atoms with Crippen LogP contribution in [0.3, 0.4) is 0 Å². The number of rotatable bonds is 4. The molecule has 0 amide bonds. The molecule has 0 N–H and O–H groups in total. The SMILES string of the molecule is COC(=O)CC(=O)C[C@@H]1C[C@@H]2CC[C@H]1C2. The number of hydrogen-bond acceptors (Lipinski definition) is 3. The number of ketones is 1. The lowest BCUT2D eigenvalue weighted by Gasteiger charge is -2.20. The molecule has 2 bridgehead atoms. The van der Waals surface area contributed by atoms with E-state index in [1.54, 1.807) is 0 Å². The average Bonchev–Trinajstić information content (AvgIpc) is 2.78. The summed E-state index contributed by atoms with van der Waals surface area (Å²) in [6, 6.07) is 0. The van der Waals surface area contributed by atoms with Gasteiger partial charge < -0.3 is 4.74 Å². The van der Waals surface area contributed by atoms with Crippen LogP contribution in [0.1, 0.15) is 38.5 Å². The molecule has 0 aromatic heterocycles. The Morgan fingerprint density at radius 1 is 1.27 bits per heavy atom. The molecular formula is C12H18O3. The van der Waals surface area contributed by atoms with Crippen molar-refractivity contribution in [3.63, 3.8) is 0 Å². The maximum Gasteiger partial charge on any atom is 0.313 e. The summed E-state index contributed by atoms with van der Waals surface area (Å²) in [6.45, 7) is 0. The van der Waals surface area contributed by atoms with Gasteiger partial charge in [0.2, 0.25) is 0 Å². The first-order valence-corrected chi connectivity index (χ1v) is 5.77. The number of carbonyl (C=O) groups is 2. The lowest BCUT2D eigenvalue weighted by molar-refractivity contribution is -0.143. The van der Waals surface area contributed by atoms with E-state index in [0.29, 0.717) is 12.3 Å². The number of ether oxygens (including phenoxy) is 1. The zero-order valence-corrected chi connectivity index (χ0v) is 9.20. The lowest BCUT2D eigenvalue weighted by Crippen LogP contribution is -2.17. The summed E-state index contributed by atoms with van der Waals surface area (Å²) < 4.78 is 4.49. The summed E-state index contributed by atoms with van der Waals surface area (Å²) in [5.41, 5.74) is 0. The smallest absolute Gasteiger partial charge is 0.313 e. The summed E-state index contributed by atoms with van der Waals surface area (Å²) in [4.78, 5) is 22.5. The number of methoxy groups -OCH3 is 1. The van der Waals surface area contributed by atoms with Gasteiger partial charge in [0, 0.05) is 6.42 Å². The summed E-state index contributed by atoms with van der Waals surface area (Å²) in [6.07, 6.45) is 5.72. The molecule has 2 aliphatic rings. The third-order valence-electron chi connectivity index (χ3n) is 3.94. The molecule has 0 spiro atoms. The third kappa shape index (κ3) is 2.39. The Labute approximate surface area is 90.2 Å². The van der Waals surface area contributed by atoms with Crippen LogP contribution in [0.2, 0.25) is 0 Å². The van der Waals surface area contributed by atoms with Gasteiger partial charge in [-0.1, -0.05) is 6.42 Å². The van der Waals surface area contributed by atoms with Crippen LogP contribution in [-0.4, -0.2) is 18.9 Å². The van der Waals surface area contributed by atoms with Crippen LogP contribution < -0.4 is 0 Å². The fourth-order valence-electron chi connectivity index (χ4n) is 3.22. The molecule has 3 heteroatoms. The van der Waals surface area contributed by atoms with Crippen molar-refractivity contribution in [1.29, 1.82) is 0 Å². The molecule has 2 aliphatic carbocycles. The second-order valence-electron chi connectivity index (χ2n) is 4.93. The van der Waals surface area contributed by atoms with Crippen molar-refractivity contribution in [2.45, 2.75) is 38.5 Å². The van der Waals surface area contributed by atoms with Crippen LogP contribution in [0.4, 0.5) is 0 Å². The van der Waals surface area contributed by atoms with Crippen LogP contribution in [-0.2, 0) is 14.3 Å². The van der Waals surface area contributed by atoms with Crippen molar-refractivity contribution >= 4 is 11.8 Å². The van der Waals surface area contributed by atoms with Gasteiger partial charge in [0.15, 0.2) is 0 Å². The van der Waals surface area contributed by atoms with Crippen LogP contribution in [0.5, 0.6) is 0 Å². The second-order valence-corrected chi connectivity index (χ2v) is 4.93. The van der Waals surface area contributed by atoms with Crippen LogP contribution >= 0.6 is 0 Å². The molecule has 0 aliphatic heterocycles. The monoisotopic (exact) mass is 210 g/mol. The van der Waals surface area contributed by atoms with E-state index in [2.05, 4.69) is 4.74 Å². The Morgan fingerprint density at radius 2 is 2.07 bits per heavy atom. The van der Waals surface area contributed by atoms with Crippen molar-refractivity contribution in [2.24, 2.45) is 17.8 Å². The van der Waals surface area contributed by atoms with E-state index in [-0.39, 0.29) is 12.2 Å². The normalized spacial score (nSPS) is 33.0. The minimum Gasteiger partial charge on any atom is -0.469 e. The van der Waals surface area contributed by atoms with E-state index in [4.69, 9.17) is 0 Å². The Bertz CT molecular complexity index is 272. The molecule has 0 radical (unpaired) electrons. The maximum absolute atomic E-state index is 11.5. The lowest BCUT2D eigenvalue weighted by atomic mass is 9.85. The summed E-state index contributed by atoms with van der Waals surface area (Å²) >= 11 is 0. The highest BCUT2D eigenvalue weighted by molar-refractivity contribution is 5.95. The molecule has 2 rings (SSSR count). The molecule has 3 nitrogen and oxygen atoms in total. The average molecular weight is 210 g/mol. The van der Waals surface area contributed by atoms with Crippen LogP contribution in [0.25, 0.3) is 0 Å². The quantitative estimate of drug-likeness (QED) is 0.526. The van der Waals surface area contributed by atoms with Gasteiger partial charge in [0.25, 0.3) is 0 Å². The Morgan fingerprint density at radius 3 is 2.60 bits per heavy atom. The van der Waals surface area contributed by atoms with E-state index < -0.39 is 5.97 Å². The van der Waals surface area contributed by atoms with Gasteiger partial charge in [0.05, 0.1) is 7.11 Å². The number of fused-ring (bicyclic) bond motifs is 2. The summed E-state index contributed by atoms with van der Waals surface area (Å²) in [5.74, 6) is 1.84. The molecule has 0 unspecified atom stereocenters. The van der Waals surface area contributed by atoms with Gasteiger partial charge >= 0.3 is 5.97 Å². The van der Waals surface area contributed by atoms with E-state index in [9.17, 15) is 9.59 Å². The summed E-state index contributed by atoms with van der Waals surface area (Å²) in [5, 5.41) is 0. The van der Waals surface area contributed by atoms with Crippen molar-refractivity contribution in [3.8, 4) is 0 Å². The predicted octanol–water partition coefficient (Wildman–Crippen LogP) is 1.94. The predicted molar refractivity (Wildman–Crippen MR) is 55.2 cm³/mol. The van der Waals surface area contributed by atoms with Gasteiger partial charge in [-0.15, -0.1) is 0 Å². The number of Topliss-reactive ketones (excluding diaryl/α,β-unsaturated/α-hetero) is 1. The maximum atomic E-state index is 11.5.